The second-order valence-corrected chi connectivity index (χ2v) is 6.21. The molecule has 0 unspecified atom stereocenters. The Morgan fingerprint density at radius 3 is 2.18 bits per heavy atom. The molecule has 0 bridgehead atoms. The lowest BCUT2D eigenvalue weighted by Gasteiger charge is -2.16. The van der Waals surface area contributed by atoms with Crippen molar-refractivity contribution in [3.63, 3.8) is 0 Å². The molecule has 2 aromatic carbocycles. The third-order valence-electron chi connectivity index (χ3n) is 4.52. The zero-order chi connectivity index (χ0) is 15.0. The van der Waals surface area contributed by atoms with Gasteiger partial charge in [-0.3, -0.25) is 0 Å². The van der Waals surface area contributed by atoms with Gasteiger partial charge < -0.3 is 10.2 Å². The average Bonchev–Trinajstić information content (AvgIpc) is 3.03. The van der Waals surface area contributed by atoms with Crippen LogP contribution in [-0.2, 0) is 12.8 Å². The van der Waals surface area contributed by atoms with Crippen molar-refractivity contribution in [3.05, 3.63) is 71.8 Å². The molecule has 2 aromatic rings. The first-order chi connectivity index (χ1) is 10.9. The lowest BCUT2D eigenvalue weighted by atomic mass is 10.1. The van der Waals surface area contributed by atoms with Crippen LogP contribution in [0.15, 0.2) is 60.7 Å². The molecule has 0 aliphatic carbocycles. The zero-order valence-electron chi connectivity index (χ0n) is 13.2. The first-order valence-electron chi connectivity index (χ1n) is 8.44. The molecule has 1 aliphatic heterocycles. The van der Waals surface area contributed by atoms with E-state index in [0.29, 0.717) is 6.04 Å². The van der Waals surface area contributed by atoms with Crippen LogP contribution in [0.25, 0.3) is 0 Å². The van der Waals surface area contributed by atoms with E-state index in [9.17, 15) is 0 Å². The van der Waals surface area contributed by atoms with Gasteiger partial charge in [-0.1, -0.05) is 60.7 Å². The van der Waals surface area contributed by atoms with Crippen LogP contribution in [0.3, 0.4) is 0 Å². The third-order valence-corrected chi connectivity index (χ3v) is 4.52. The smallest absolute Gasteiger partial charge is 0.0207 e. The molecule has 1 saturated heterocycles. The lowest BCUT2D eigenvalue weighted by molar-refractivity contribution is 0.332. The molecule has 1 heterocycles. The molecule has 0 radical (unpaired) electrons. The van der Waals surface area contributed by atoms with Crippen molar-refractivity contribution in [1.29, 1.82) is 0 Å². The maximum atomic E-state index is 3.72. The number of benzene rings is 2. The molecular weight excluding hydrogens is 268 g/mol. The quantitative estimate of drug-likeness (QED) is 0.844. The molecule has 1 N–H and O–H groups in total. The second-order valence-electron chi connectivity index (χ2n) is 6.21. The SMILES string of the molecule is c1ccc(CCN[C@H]2CCN(CCc3ccccc3)C2)cc1. The Hall–Kier alpha value is -1.64. The molecule has 3 rings (SSSR count). The van der Waals surface area contributed by atoms with Crippen molar-refractivity contribution in [2.24, 2.45) is 0 Å². The van der Waals surface area contributed by atoms with Gasteiger partial charge in [-0.25, -0.2) is 0 Å². The molecule has 0 saturated carbocycles. The number of rotatable bonds is 7. The fourth-order valence-corrected chi connectivity index (χ4v) is 3.20. The standard InChI is InChI=1S/C20H26N2/c1-3-7-18(8-4-1)11-14-21-20-13-16-22(17-20)15-12-19-9-5-2-6-10-19/h1-10,20-21H,11-17H2/t20-/m0/s1. The summed E-state index contributed by atoms with van der Waals surface area (Å²) < 4.78 is 0. The highest BCUT2D eigenvalue weighted by molar-refractivity contribution is 5.15. The summed E-state index contributed by atoms with van der Waals surface area (Å²) in [5, 5.41) is 3.72. The summed E-state index contributed by atoms with van der Waals surface area (Å²) >= 11 is 0. The molecule has 116 valence electrons. The number of nitrogens with zero attached hydrogens (tertiary/aromatic N) is 1. The van der Waals surface area contributed by atoms with Crippen molar-refractivity contribution in [3.8, 4) is 0 Å². The van der Waals surface area contributed by atoms with E-state index in [4.69, 9.17) is 0 Å². The minimum Gasteiger partial charge on any atom is -0.312 e. The highest BCUT2D eigenvalue weighted by Crippen LogP contribution is 2.11. The third kappa shape index (κ3) is 4.69. The van der Waals surface area contributed by atoms with E-state index in [1.807, 2.05) is 0 Å². The molecule has 1 fully saturated rings. The van der Waals surface area contributed by atoms with Crippen molar-refractivity contribution in [2.75, 3.05) is 26.2 Å². The number of likely N-dealkylation sites (tertiary alicyclic amines) is 1. The van der Waals surface area contributed by atoms with Crippen LogP contribution in [0, 0.1) is 0 Å². The summed E-state index contributed by atoms with van der Waals surface area (Å²) in [7, 11) is 0. The van der Waals surface area contributed by atoms with Gasteiger partial charge in [0.2, 0.25) is 0 Å². The molecule has 0 spiro atoms. The van der Waals surface area contributed by atoms with Gasteiger partial charge in [-0.05, 0) is 43.5 Å². The summed E-state index contributed by atoms with van der Waals surface area (Å²) in [5.41, 5.74) is 2.87. The van der Waals surface area contributed by atoms with Crippen LogP contribution in [0.2, 0.25) is 0 Å². The summed E-state index contributed by atoms with van der Waals surface area (Å²) in [6.45, 7) is 4.69. The summed E-state index contributed by atoms with van der Waals surface area (Å²) in [4.78, 5) is 2.59. The Morgan fingerprint density at radius 1 is 0.864 bits per heavy atom. The Labute approximate surface area is 134 Å². The van der Waals surface area contributed by atoms with Gasteiger partial charge in [0.1, 0.15) is 0 Å². The number of hydrogen-bond donors (Lipinski definition) is 1. The summed E-state index contributed by atoms with van der Waals surface area (Å²) in [6, 6.07) is 22.2. The Morgan fingerprint density at radius 2 is 1.50 bits per heavy atom. The maximum Gasteiger partial charge on any atom is 0.0207 e. The van der Waals surface area contributed by atoms with E-state index >= 15 is 0 Å². The molecule has 1 atom stereocenters. The molecule has 2 nitrogen and oxygen atoms in total. The van der Waals surface area contributed by atoms with E-state index in [0.717, 1.165) is 19.4 Å². The van der Waals surface area contributed by atoms with Crippen molar-refractivity contribution >= 4 is 0 Å². The van der Waals surface area contributed by atoms with E-state index in [2.05, 4.69) is 70.9 Å². The van der Waals surface area contributed by atoms with Gasteiger partial charge in [-0.15, -0.1) is 0 Å². The highest BCUT2D eigenvalue weighted by atomic mass is 15.2. The van der Waals surface area contributed by atoms with Crippen LogP contribution in [0.5, 0.6) is 0 Å². The van der Waals surface area contributed by atoms with Crippen LogP contribution < -0.4 is 5.32 Å². The van der Waals surface area contributed by atoms with Gasteiger partial charge in [-0.2, -0.15) is 0 Å². The van der Waals surface area contributed by atoms with Crippen LogP contribution in [-0.4, -0.2) is 37.1 Å². The average molecular weight is 294 g/mol. The van der Waals surface area contributed by atoms with Crippen molar-refractivity contribution in [2.45, 2.75) is 25.3 Å². The van der Waals surface area contributed by atoms with Crippen LogP contribution in [0.4, 0.5) is 0 Å². The van der Waals surface area contributed by atoms with E-state index in [1.54, 1.807) is 0 Å². The first kappa shape index (κ1) is 15.3. The van der Waals surface area contributed by atoms with Gasteiger partial charge in [0.05, 0.1) is 0 Å². The highest BCUT2D eigenvalue weighted by Gasteiger charge is 2.21. The second kappa shape index (κ2) is 8.11. The summed E-state index contributed by atoms with van der Waals surface area (Å²) in [6.07, 6.45) is 3.57. The zero-order valence-corrected chi connectivity index (χ0v) is 13.2. The number of hydrogen-bond acceptors (Lipinski definition) is 2. The van der Waals surface area contributed by atoms with E-state index < -0.39 is 0 Å². The molecule has 0 aromatic heterocycles. The minimum atomic E-state index is 0.666. The first-order valence-corrected chi connectivity index (χ1v) is 8.44. The lowest BCUT2D eigenvalue weighted by Crippen LogP contribution is -2.34. The molecule has 1 aliphatic rings. The largest absolute Gasteiger partial charge is 0.312 e. The van der Waals surface area contributed by atoms with Gasteiger partial charge in [0.25, 0.3) is 0 Å². The van der Waals surface area contributed by atoms with Crippen LogP contribution >= 0.6 is 0 Å². The van der Waals surface area contributed by atoms with Gasteiger partial charge in [0, 0.05) is 19.1 Å². The monoisotopic (exact) mass is 294 g/mol. The predicted octanol–water partition coefficient (Wildman–Crippen LogP) is 3.14. The van der Waals surface area contributed by atoms with Crippen LogP contribution in [0.1, 0.15) is 17.5 Å². The maximum absolute atomic E-state index is 3.72. The molecular formula is C20H26N2. The van der Waals surface area contributed by atoms with Gasteiger partial charge >= 0.3 is 0 Å². The minimum absolute atomic E-state index is 0.666. The molecule has 0 amide bonds. The topological polar surface area (TPSA) is 15.3 Å². The molecule has 22 heavy (non-hydrogen) atoms. The Kier molecular flexibility index (Phi) is 5.63. The van der Waals surface area contributed by atoms with Crippen molar-refractivity contribution < 1.29 is 0 Å². The molecule has 2 heteroatoms. The van der Waals surface area contributed by atoms with E-state index in [-0.39, 0.29) is 0 Å². The van der Waals surface area contributed by atoms with E-state index in [1.165, 1.54) is 37.2 Å². The van der Waals surface area contributed by atoms with Crippen molar-refractivity contribution in [1.82, 2.24) is 10.2 Å². The Bertz CT molecular complexity index is 538. The summed E-state index contributed by atoms with van der Waals surface area (Å²) in [5.74, 6) is 0. The fourth-order valence-electron chi connectivity index (χ4n) is 3.20. The normalized spacial score (nSPS) is 18.6. The van der Waals surface area contributed by atoms with Gasteiger partial charge in [0.15, 0.2) is 0 Å². The Balaban J connectivity index is 1.34. The number of nitrogens with one attached hydrogen (secondary N) is 1. The predicted molar refractivity (Wildman–Crippen MR) is 93.1 cm³/mol. The fraction of sp³-hybridized carbons (Fsp3) is 0.400.